The molecule has 2 aromatic rings. The average molecular weight is 452 g/mol. The molecule has 1 aliphatic heterocycles. The zero-order chi connectivity index (χ0) is 21.9. The van der Waals surface area contributed by atoms with Crippen LogP contribution in [-0.4, -0.2) is 37.2 Å². The van der Waals surface area contributed by atoms with Crippen molar-refractivity contribution in [2.45, 2.75) is 30.8 Å². The first-order valence-electron chi connectivity index (χ1n) is 8.95. The van der Waals surface area contributed by atoms with Gasteiger partial charge in [0.15, 0.2) is 9.84 Å². The first-order chi connectivity index (χ1) is 14.2. The summed E-state index contributed by atoms with van der Waals surface area (Å²) in [5.74, 6) is -1.91. The third-order valence-corrected chi connectivity index (χ3v) is 6.39. The van der Waals surface area contributed by atoms with E-state index in [1.807, 2.05) is 6.92 Å². The quantitative estimate of drug-likeness (QED) is 0.489. The molecule has 1 unspecified atom stereocenters. The summed E-state index contributed by atoms with van der Waals surface area (Å²) in [5.41, 5.74) is 1.34. The van der Waals surface area contributed by atoms with Crippen LogP contribution >= 0.6 is 11.6 Å². The number of benzene rings is 2. The zero-order valence-corrected chi connectivity index (χ0v) is 17.5. The molecule has 1 saturated heterocycles. The Kier molecular flexibility index (Phi) is 6.42. The molecule has 1 fully saturated rings. The smallest absolute Gasteiger partial charge is 0.423 e. The summed E-state index contributed by atoms with van der Waals surface area (Å²) in [6.45, 7) is 1.85. The largest absolute Gasteiger partial charge is 0.534 e. The average Bonchev–Trinajstić information content (AvgIpc) is 3.00. The minimum Gasteiger partial charge on any atom is -0.423 e. The molecule has 2 aromatic carbocycles. The van der Waals surface area contributed by atoms with Crippen molar-refractivity contribution >= 4 is 39.4 Å². The van der Waals surface area contributed by atoms with Crippen LogP contribution in [-0.2, 0) is 29.0 Å². The number of halogens is 1. The predicted octanol–water partition coefficient (Wildman–Crippen LogP) is 3.38. The molecule has 0 saturated carbocycles. The van der Waals surface area contributed by atoms with E-state index in [9.17, 15) is 22.8 Å². The second kappa shape index (κ2) is 8.85. The number of amides is 2. The van der Waals surface area contributed by atoms with Crippen LogP contribution in [0, 0.1) is 6.92 Å². The van der Waals surface area contributed by atoms with Crippen LogP contribution in [0.5, 0.6) is 0 Å². The number of ether oxygens (including phenoxy) is 1. The van der Waals surface area contributed by atoms with Crippen LogP contribution < -0.4 is 0 Å². The van der Waals surface area contributed by atoms with Crippen LogP contribution in [0.1, 0.15) is 30.1 Å². The molecule has 8 nitrogen and oxygen atoms in total. The maximum Gasteiger partial charge on any atom is 0.534 e. The number of carbonyl (C=O) groups excluding carboxylic acids is 3. The maximum atomic E-state index is 12.8. The summed E-state index contributed by atoms with van der Waals surface area (Å²) in [6, 6.07) is 12.3. The van der Waals surface area contributed by atoms with Gasteiger partial charge < -0.3 is 4.74 Å². The van der Waals surface area contributed by atoms with Crippen LogP contribution in [0.15, 0.2) is 53.4 Å². The normalized spacial score (nSPS) is 15.2. The number of hydroxylamine groups is 2. The number of rotatable bonds is 6. The molecule has 1 aliphatic rings. The van der Waals surface area contributed by atoms with Gasteiger partial charge >= 0.3 is 6.16 Å². The van der Waals surface area contributed by atoms with Gasteiger partial charge in [0.25, 0.3) is 11.8 Å². The number of hydrogen-bond acceptors (Lipinski definition) is 7. The number of carbonyl (C=O) groups is 3. The van der Waals surface area contributed by atoms with Crippen LogP contribution in [0.2, 0.25) is 5.02 Å². The number of imide groups is 1. The van der Waals surface area contributed by atoms with Gasteiger partial charge in [-0.05, 0) is 36.8 Å². The van der Waals surface area contributed by atoms with Gasteiger partial charge in [0.2, 0.25) is 0 Å². The van der Waals surface area contributed by atoms with E-state index in [4.69, 9.17) is 21.2 Å². The van der Waals surface area contributed by atoms with E-state index < -0.39 is 39.7 Å². The Morgan fingerprint density at radius 1 is 1.03 bits per heavy atom. The van der Waals surface area contributed by atoms with Crippen molar-refractivity contribution in [1.29, 1.82) is 0 Å². The van der Waals surface area contributed by atoms with Crippen LogP contribution in [0.25, 0.3) is 0 Å². The van der Waals surface area contributed by atoms with Crippen molar-refractivity contribution in [2.75, 3.05) is 5.75 Å². The van der Waals surface area contributed by atoms with Crippen molar-refractivity contribution in [3.8, 4) is 0 Å². The lowest BCUT2D eigenvalue weighted by Crippen LogP contribution is -2.33. The van der Waals surface area contributed by atoms with E-state index in [0.717, 1.165) is 5.56 Å². The fraction of sp³-hybridized carbons (Fsp3) is 0.250. The predicted molar refractivity (Wildman–Crippen MR) is 106 cm³/mol. The fourth-order valence-corrected chi connectivity index (χ4v) is 4.32. The highest BCUT2D eigenvalue weighted by Crippen LogP contribution is 2.26. The molecule has 3 rings (SSSR count). The summed E-state index contributed by atoms with van der Waals surface area (Å²) in [7, 11) is -3.87. The van der Waals surface area contributed by atoms with Gasteiger partial charge in [-0.15, -0.1) is 0 Å². The van der Waals surface area contributed by atoms with Crippen LogP contribution in [0.3, 0.4) is 0 Å². The van der Waals surface area contributed by atoms with Gasteiger partial charge in [-0.3, -0.25) is 14.4 Å². The summed E-state index contributed by atoms with van der Waals surface area (Å²) in [4.78, 5) is 40.2. The standard InChI is InChI=1S/C20H18ClNO7S/c1-13-2-4-14(5-3-13)17(12-30(26,27)16-8-6-15(21)7-9-16)28-20(25)29-22-18(23)10-11-19(22)24/h2-9,17H,10-12H2,1H3. The first-order valence-corrected chi connectivity index (χ1v) is 11.0. The Bertz CT molecular complexity index is 1050. The molecule has 2 amide bonds. The Morgan fingerprint density at radius 2 is 1.60 bits per heavy atom. The van der Waals surface area contributed by atoms with Gasteiger partial charge in [0, 0.05) is 17.9 Å². The van der Waals surface area contributed by atoms with Gasteiger partial charge in [0.1, 0.15) is 6.10 Å². The first kappa shape index (κ1) is 21.8. The summed E-state index contributed by atoms with van der Waals surface area (Å²) in [5, 5.41) is 0.714. The molecule has 1 heterocycles. The lowest BCUT2D eigenvalue weighted by atomic mass is 10.1. The molecular formula is C20H18ClNO7S. The van der Waals surface area contributed by atoms with Gasteiger partial charge in [-0.2, -0.15) is 0 Å². The summed E-state index contributed by atoms with van der Waals surface area (Å²) < 4.78 is 30.9. The number of sulfone groups is 1. The van der Waals surface area contributed by atoms with E-state index in [1.54, 1.807) is 24.3 Å². The van der Waals surface area contributed by atoms with Crippen molar-refractivity contribution < 1.29 is 32.4 Å². The number of aryl methyl sites for hydroxylation is 1. The number of hydrogen-bond donors (Lipinski definition) is 0. The molecule has 1 atom stereocenters. The van der Waals surface area contributed by atoms with Crippen molar-refractivity contribution in [3.05, 3.63) is 64.7 Å². The lowest BCUT2D eigenvalue weighted by molar-refractivity contribution is -0.178. The molecule has 0 aliphatic carbocycles. The van der Waals surface area contributed by atoms with E-state index in [2.05, 4.69) is 0 Å². The zero-order valence-electron chi connectivity index (χ0n) is 15.9. The Morgan fingerprint density at radius 3 is 2.17 bits per heavy atom. The highest BCUT2D eigenvalue weighted by Gasteiger charge is 2.35. The summed E-state index contributed by atoms with van der Waals surface area (Å²) >= 11 is 5.81. The third kappa shape index (κ3) is 5.17. The topological polar surface area (TPSA) is 107 Å². The third-order valence-electron chi connectivity index (χ3n) is 4.40. The SMILES string of the molecule is Cc1ccc(C(CS(=O)(=O)c2ccc(Cl)cc2)OC(=O)ON2C(=O)CCC2=O)cc1. The van der Waals surface area contributed by atoms with Crippen molar-refractivity contribution in [2.24, 2.45) is 0 Å². The fourth-order valence-electron chi connectivity index (χ4n) is 2.79. The Hall–Kier alpha value is -2.91. The lowest BCUT2D eigenvalue weighted by Gasteiger charge is -2.20. The van der Waals surface area contributed by atoms with Gasteiger partial charge in [-0.25, -0.2) is 13.2 Å². The molecule has 10 heteroatoms. The second-order valence-corrected chi connectivity index (χ2v) is 9.15. The van der Waals surface area contributed by atoms with Gasteiger partial charge in [0.05, 0.1) is 10.6 Å². The van der Waals surface area contributed by atoms with Crippen molar-refractivity contribution in [1.82, 2.24) is 5.06 Å². The minimum atomic E-state index is -3.87. The number of nitrogens with zero attached hydrogens (tertiary/aromatic N) is 1. The van der Waals surface area contributed by atoms with E-state index >= 15 is 0 Å². The molecular weight excluding hydrogens is 434 g/mol. The van der Waals surface area contributed by atoms with Gasteiger partial charge in [-0.1, -0.05) is 46.5 Å². The van der Waals surface area contributed by atoms with Crippen LogP contribution in [0.4, 0.5) is 4.79 Å². The highest BCUT2D eigenvalue weighted by atomic mass is 35.5. The molecule has 0 bridgehead atoms. The van der Waals surface area contributed by atoms with Crippen molar-refractivity contribution in [3.63, 3.8) is 0 Å². The molecule has 30 heavy (non-hydrogen) atoms. The van der Waals surface area contributed by atoms with E-state index in [0.29, 0.717) is 15.6 Å². The minimum absolute atomic E-state index is 0.00544. The van der Waals surface area contributed by atoms with E-state index in [1.165, 1.54) is 24.3 Å². The molecule has 0 spiro atoms. The van der Waals surface area contributed by atoms with E-state index in [-0.39, 0.29) is 17.7 Å². The molecule has 0 aromatic heterocycles. The Labute approximate surface area is 178 Å². The maximum absolute atomic E-state index is 12.8. The Balaban J connectivity index is 1.82. The molecule has 158 valence electrons. The second-order valence-electron chi connectivity index (χ2n) is 6.68. The summed E-state index contributed by atoms with van der Waals surface area (Å²) in [6.07, 6.45) is -2.72. The molecule has 0 radical (unpaired) electrons. The highest BCUT2D eigenvalue weighted by molar-refractivity contribution is 7.91. The molecule has 0 N–H and O–H groups in total. The monoisotopic (exact) mass is 451 g/mol.